The number of hydrogen-bond donors (Lipinski definition) is 2. The molecule has 0 fully saturated rings. The average Bonchev–Trinajstić information content (AvgIpc) is 2.28. The van der Waals surface area contributed by atoms with Gasteiger partial charge in [0.15, 0.2) is 0 Å². The molecule has 7 heteroatoms. The molecule has 0 bridgehead atoms. The summed E-state index contributed by atoms with van der Waals surface area (Å²) in [5, 5.41) is 11.6. The summed E-state index contributed by atoms with van der Waals surface area (Å²) in [5.74, 6) is -1.88. The van der Waals surface area contributed by atoms with Gasteiger partial charge in [-0.3, -0.25) is 4.79 Å². The highest BCUT2D eigenvalue weighted by molar-refractivity contribution is 6.41. The monoisotopic (exact) mass is 290 g/mol. The number of hydrogen-bond acceptors (Lipinski definition) is 3. The SMILES string of the molecule is CC(C)C(NC(=O)c1cnc(Cl)c(Cl)c1)C(=O)O. The topological polar surface area (TPSA) is 79.3 Å². The van der Waals surface area contributed by atoms with E-state index in [1.165, 1.54) is 12.3 Å². The molecule has 0 aliphatic carbocycles. The van der Waals surface area contributed by atoms with E-state index in [2.05, 4.69) is 10.3 Å². The number of amides is 1. The summed E-state index contributed by atoms with van der Waals surface area (Å²) in [4.78, 5) is 26.5. The van der Waals surface area contributed by atoms with Crippen LogP contribution in [0.25, 0.3) is 0 Å². The van der Waals surface area contributed by atoms with Crippen LogP contribution in [0.3, 0.4) is 0 Å². The van der Waals surface area contributed by atoms with E-state index in [4.69, 9.17) is 28.3 Å². The van der Waals surface area contributed by atoms with Crippen LogP contribution in [-0.4, -0.2) is 28.0 Å². The molecule has 98 valence electrons. The van der Waals surface area contributed by atoms with E-state index in [-0.39, 0.29) is 21.7 Å². The molecule has 0 spiro atoms. The summed E-state index contributed by atoms with van der Waals surface area (Å²) >= 11 is 11.4. The zero-order chi connectivity index (χ0) is 13.9. The number of aliphatic carboxylic acids is 1. The number of halogens is 2. The van der Waals surface area contributed by atoms with Crippen LogP contribution in [-0.2, 0) is 4.79 Å². The highest BCUT2D eigenvalue weighted by atomic mass is 35.5. The van der Waals surface area contributed by atoms with Crippen LogP contribution in [0.4, 0.5) is 0 Å². The number of carbonyl (C=O) groups is 2. The van der Waals surface area contributed by atoms with Gasteiger partial charge in [0.1, 0.15) is 11.2 Å². The lowest BCUT2D eigenvalue weighted by atomic mass is 10.0. The molecule has 1 unspecified atom stereocenters. The second kappa shape index (κ2) is 6.02. The third-order valence-corrected chi connectivity index (χ3v) is 2.96. The smallest absolute Gasteiger partial charge is 0.326 e. The zero-order valence-corrected chi connectivity index (χ0v) is 11.3. The van der Waals surface area contributed by atoms with E-state index < -0.39 is 17.9 Å². The first-order chi connectivity index (χ1) is 8.32. The van der Waals surface area contributed by atoms with Crippen LogP contribution >= 0.6 is 23.2 Å². The Morgan fingerprint density at radius 1 is 1.39 bits per heavy atom. The normalized spacial score (nSPS) is 12.3. The molecule has 0 aliphatic heterocycles. The van der Waals surface area contributed by atoms with Crippen molar-refractivity contribution in [2.24, 2.45) is 5.92 Å². The Hall–Kier alpha value is -1.33. The second-order valence-corrected chi connectivity index (χ2v) is 4.80. The van der Waals surface area contributed by atoms with Gasteiger partial charge in [-0.15, -0.1) is 0 Å². The third-order valence-electron chi connectivity index (χ3n) is 2.28. The first-order valence-corrected chi connectivity index (χ1v) is 5.93. The van der Waals surface area contributed by atoms with Gasteiger partial charge in [-0.1, -0.05) is 37.0 Å². The van der Waals surface area contributed by atoms with Gasteiger partial charge in [-0.05, 0) is 12.0 Å². The van der Waals surface area contributed by atoms with Crippen molar-refractivity contribution in [2.45, 2.75) is 19.9 Å². The number of nitrogens with zero attached hydrogens (tertiary/aromatic N) is 1. The number of pyridine rings is 1. The fraction of sp³-hybridized carbons (Fsp3) is 0.364. The molecule has 1 amide bonds. The van der Waals surface area contributed by atoms with Crippen molar-refractivity contribution in [2.75, 3.05) is 0 Å². The molecular formula is C11H12Cl2N2O3. The molecule has 0 saturated carbocycles. The Bertz CT molecular complexity index is 477. The minimum atomic E-state index is -1.09. The van der Waals surface area contributed by atoms with Crippen molar-refractivity contribution < 1.29 is 14.7 Å². The van der Waals surface area contributed by atoms with Gasteiger partial charge in [0.05, 0.1) is 10.6 Å². The van der Waals surface area contributed by atoms with Gasteiger partial charge in [-0.2, -0.15) is 0 Å². The van der Waals surface area contributed by atoms with Crippen molar-refractivity contribution in [3.05, 3.63) is 28.0 Å². The molecule has 1 aromatic rings. The summed E-state index contributed by atoms with van der Waals surface area (Å²) < 4.78 is 0. The van der Waals surface area contributed by atoms with Crippen molar-refractivity contribution in [3.63, 3.8) is 0 Å². The van der Waals surface area contributed by atoms with Gasteiger partial charge < -0.3 is 10.4 Å². The minimum Gasteiger partial charge on any atom is -0.480 e. The predicted molar refractivity (Wildman–Crippen MR) is 68.0 cm³/mol. The van der Waals surface area contributed by atoms with Gasteiger partial charge in [-0.25, -0.2) is 9.78 Å². The largest absolute Gasteiger partial charge is 0.480 e. The Morgan fingerprint density at radius 3 is 2.44 bits per heavy atom. The van der Waals surface area contributed by atoms with Crippen molar-refractivity contribution >= 4 is 35.1 Å². The Kier molecular flexibility index (Phi) is 4.93. The standard InChI is InChI=1S/C11H12Cl2N2O3/c1-5(2)8(11(17)18)15-10(16)6-3-7(12)9(13)14-4-6/h3-5,8H,1-2H3,(H,15,16)(H,17,18). The Balaban J connectivity index is 2.87. The van der Waals surface area contributed by atoms with E-state index in [9.17, 15) is 9.59 Å². The number of rotatable bonds is 4. The fourth-order valence-electron chi connectivity index (χ4n) is 1.28. The number of carboxylic acid groups (broad SMARTS) is 1. The lowest BCUT2D eigenvalue weighted by Crippen LogP contribution is -2.44. The van der Waals surface area contributed by atoms with Crippen LogP contribution in [0.15, 0.2) is 12.3 Å². The zero-order valence-electron chi connectivity index (χ0n) is 9.78. The molecule has 18 heavy (non-hydrogen) atoms. The van der Waals surface area contributed by atoms with Crippen LogP contribution in [0.5, 0.6) is 0 Å². The maximum absolute atomic E-state index is 11.8. The summed E-state index contributed by atoms with van der Waals surface area (Å²) in [6.07, 6.45) is 1.24. The van der Waals surface area contributed by atoms with Crippen molar-refractivity contribution in [1.29, 1.82) is 0 Å². The fourth-order valence-corrected chi connectivity index (χ4v) is 1.55. The number of aromatic nitrogens is 1. The van der Waals surface area contributed by atoms with Gasteiger partial charge in [0.2, 0.25) is 0 Å². The van der Waals surface area contributed by atoms with Crippen LogP contribution in [0.1, 0.15) is 24.2 Å². The van der Waals surface area contributed by atoms with Crippen molar-refractivity contribution in [3.8, 4) is 0 Å². The molecule has 1 heterocycles. The minimum absolute atomic E-state index is 0.0897. The number of carbonyl (C=O) groups excluding carboxylic acids is 1. The van der Waals surface area contributed by atoms with Gasteiger partial charge in [0.25, 0.3) is 5.91 Å². The lowest BCUT2D eigenvalue weighted by molar-refractivity contribution is -0.140. The maximum Gasteiger partial charge on any atom is 0.326 e. The summed E-state index contributed by atoms with van der Waals surface area (Å²) in [5.41, 5.74) is 0.163. The molecule has 1 aromatic heterocycles. The summed E-state index contributed by atoms with van der Waals surface area (Å²) in [6.45, 7) is 3.40. The first-order valence-electron chi connectivity index (χ1n) is 5.17. The average molecular weight is 291 g/mol. The molecule has 0 radical (unpaired) electrons. The molecule has 2 N–H and O–H groups in total. The second-order valence-electron chi connectivity index (χ2n) is 4.03. The number of carboxylic acids is 1. The van der Waals surface area contributed by atoms with E-state index in [1.54, 1.807) is 13.8 Å². The maximum atomic E-state index is 11.8. The third kappa shape index (κ3) is 3.58. The summed E-state index contributed by atoms with van der Waals surface area (Å²) in [7, 11) is 0. The molecule has 0 aliphatic rings. The molecule has 0 saturated heterocycles. The van der Waals surface area contributed by atoms with Crippen LogP contribution in [0, 0.1) is 5.92 Å². The van der Waals surface area contributed by atoms with Gasteiger partial charge >= 0.3 is 5.97 Å². The van der Waals surface area contributed by atoms with Crippen LogP contribution < -0.4 is 5.32 Å². The van der Waals surface area contributed by atoms with E-state index >= 15 is 0 Å². The lowest BCUT2D eigenvalue weighted by Gasteiger charge is -2.17. The van der Waals surface area contributed by atoms with Gasteiger partial charge in [0, 0.05) is 6.20 Å². The summed E-state index contributed by atoms with van der Waals surface area (Å²) in [6, 6.07) is 0.373. The van der Waals surface area contributed by atoms with Crippen molar-refractivity contribution in [1.82, 2.24) is 10.3 Å². The van der Waals surface area contributed by atoms with E-state index in [0.29, 0.717) is 0 Å². The molecule has 1 atom stereocenters. The molecule has 0 aromatic carbocycles. The number of nitrogens with one attached hydrogen (secondary N) is 1. The quantitative estimate of drug-likeness (QED) is 0.834. The molecule has 1 rings (SSSR count). The van der Waals surface area contributed by atoms with Crippen LogP contribution in [0.2, 0.25) is 10.2 Å². The molecule has 5 nitrogen and oxygen atoms in total. The Labute approximate surface area is 114 Å². The molecular weight excluding hydrogens is 279 g/mol. The first kappa shape index (κ1) is 14.7. The van der Waals surface area contributed by atoms with E-state index in [1.807, 2.05) is 0 Å². The predicted octanol–water partition coefficient (Wildman–Crippen LogP) is 2.23. The highest BCUT2D eigenvalue weighted by Crippen LogP contribution is 2.19. The van der Waals surface area contributed by atoms with E-state index in [0.717, 1.165) is 0 Å². The Morgan fingerprint density at radius 2 is 2.00 bits per heavy atom. The highest BCUT2D eigenvalue weighted by Gasteiger charge is 2.24.